The van der Waals surface area contributed by atoms with Crippen molar-refractivity contribution in [1.29, 1.82) is 0 Å². The molecule has 1 amide bonds. The summed E-state index contributed by atoms with van der Waals surface area (Å²) >= 11 is 0. The van der Waals surface area contributed by atoms with Crippen LogP contribution in [0, 0.1) is 5.92 Å². The average molecular weight is 256 g/mol. The number of rotatable bonds is 3. The smallest absolute Gasteiger partial charge is 0.251 e. The average Bonchev–Trinajstić information content (AvgIpc) is 2.97. The second-order valence-electron chi connectivity index (χ2n) is 4.83. The first-order valence-electron chi connectivity index (χ1n) is 6.52. The Balaban J connectivity index is 1.70. The van der Waals surface area contributed by atoms with Crippen LogP contribution >= 0.6 is 0 Å². The van der Waals surface area contributed by atoms with Crippen molar-refractivity contribution in [3.8, 4) is 0 Å². The lowest BCUT2D eigenvalue weighted by molar-refractivity contribution is 0.0948. The van der Waals surface area contributed by atoms with Gasteiger partial charge < -0.3 is 10.6 Å². The van der Waals surface area contributed by atoms with Gasteiger partial charge in [-0.25, -0.2) is 0 Å². The third kappa shape index (κ3) is 2.71. The summed E-state index contributed by atoms with van der Waals surface area (Å²) in [5.74, 6) is 0.503. The maximum atomic E-state index is 12.1. The quantitative estimate of drug-likeness (QED) is 0.858. The molecule has 5 heteroatoms. The minimum absolute atomic E-state index is 0.0422. The van der Waals surface area contributed by atoms with E-state index < -0.39 is 0 Å². The van der Waals surface area contributed by atoms with Crippen molar-refractivity contribution < 1.29 is 4.79 Å². The highest BCUT2D eigenvalue weighted by Crippen LogP contribution is 2.11. The van der Waals surface area contributed by atoms with Gasteiger partial charge in [-0.15, -0.1) is 0 Å². The number of hydrogen-bond acceptors (Lipinski definition) is 4. The van der Waals surface area contributed by atoms with E-state index in [2.05, 4.69) is 20.6 Å². The molecule has 1 aliphatic rings. The summed E-state index contributed by atoms with van der Waals surface area (Å²) in [5.41, 5.74) is 2.19. The van der Waals surface area contributed by atoms with Gasteiger partial charge in [0.05, 0.1) is 11.0 Å². The molecule has 1 saturated heterocycles. The van der Waals surface area contributed by atoms with Crippen molar-refractivity contribution in [3.05, 3.63) is 36.2 Å². The van der Waals surface area contributed by atoms with Crippen LogP contribution in [0.2, 0.25) is 0 Å². The van der Waals surface area contributed by atoms with Gasteiger partial charge >= 0.3 is 0 Å². The Morgan fingerprint density at radius 1 is 1.32 bits per heavy atom. The number of fused-ring (bicyclic) bond motifs is 1. The lowest BCUT2D eigenvalue weighted by Crippen LogP contribution is -2.30. The number of carbonyl (C=O) groups excluding carboxylic acids is 1. The molecule has 0 spiro atoms. The molecular formula is C14H16N4O. The third-order valence-corrected chi connectivity index (χ3v) is 3.45. The molecule has 1 unspecified atom stereocenters. The van der Waals surface area contributed by atoms with Crippen molar-refractivity contribution in [1.82, 2.24) is 20.6 Å². The first-order valence-corrected chi connectivity index (χ1v) is 6.52. The lowest BCUT2D eigenvalue weighted by Gasteiger charge is -2.10. The summed E-state index contributed by atoms with van der Waals surface area (Å²) in [4.78, 5) is 20.5. The third-order valence-electron chi connectivity index (χ3n) is 3.45. The Kier molecular flexibility index (Phi) is 3.37. The molecule has 0 saturated carbocycles. The van der Waals surface area contributed by atoms with E-state index in [0.29, 0.717) is 11.5 Å². The van der Waals surface area contributed by atoms with Crippen LogP contribution in [0.25, 0.3) is 11.0 Å². The molecule has 98 valence electrons. The molecule has 3 rings (SSSR count). The van der Waals surface area contributed by atoms with E-state index >= 15 is 0 Å². The predicted molar refractivity (Wildman–Crippen MR) is 72.8 cm³/mol. The van der Waals surface area contributed by atoms with Crippen LogP contribution in [0.5, 0.6) is 0 Å². The molecule has 1 aromatic heterocycles. The van der Waals surface area contributed by atoms with Crippen LogP contribution in [0.15, 0.2) is 30.6 Å². The molecule has 1 atom stereocenters. The molecule has 5 nitrogen and oxygen atoms in total. The lowest BCUT2D eigenvalue weighted by atomic mass is 10.1. The highest BCUT2D eigenvalue weighted by Gasteiger charge is 2.15. The van der Waals surface area contributed by atoms with Gasteiger partial charge in [0.1, 0.15) is 0 Å². The number of aromatic nitrogens is 2. The molecule has 2 heterocycles. The van der Waals surface area contributed by atoms with E-state index in [4.69, 9.17) is 0 Å². The highest BCUT2D eigenvalue weighted by atomic mass is 16.1. The zero-order valence-corrected chi connectivity index (χ0v) is 10.6. The number of benzene rings is 1. The van der Waals surface area contributed by atoms with Gasteiger partial charge in [-0.2, -0.15) is 0 Å². The monoisotopic (exact) mass is 256 g/mol. The zero-order valence-electron chi connectivity index (χ0n) is 10.6. The van der Waals surface area contributed by atoms with Gasteiger partial charge in [-0.05, 0) is 43.6 Å². The molecule has 0 bridgehead atoms. The van der Waals surface area contributed by atoms with Crippen LogP contribution < -0.4 is 10.6 Å². The zero-order chi connectivity index (χ0) is 13.1. The predicted octanol–water partition coefficient (Wildman–Crippen LogP) is 0.969. The molecule has 1 fully saturated rings. The normalized spacial score (nSPS) is 18.6. The van der Waals surface area contributed by atoms with Crippen molar-refractivity contribution in [2.75, 3.05) is 19.6 Å². The maximum Gasteiger partial charge on any atom is 0.251 e. The number of carbonyl (C=O) groups is 1. The van der Waals surface area contributed by atoms with Crippen molar-refractivity contribution in [2.24, 2.45) is 5.92 Å². The van der Waals surface area contributed by atoms with Gasteiger partial charge in [0.2, 0.25) is 0 Å². The Bertz CT molecular complexity index is 593. The Morgan fingerprint density at radius 3 is 2.95 bits per heavy atom. The molecular weight excluding hydrogens is 240 g/mol. The number of hydrogen-bond donors (Lipinski definition) is 2. The largest absolute Gasteiger partial charge is 0.352 e. The molecule has 1 aromatic carbocycles. The standard InChI is InChI=1S/C14H16N4O/c19-14(18-9-10-3-4-15-8-10)11-1-2-12-13(7-11)17-6-5-16-12/h1-2,5-7,10,15H,3-4,8-9H2,(H,18,19). The van der Waals surface area contributed by atoms with Crippen molar-refractivity contribution >= 4 is 16.9 Å². The van der Waals surface area contributed by atoms with E-state index in [1.807, 2.05) is 6.07 Å². The van der Waals surface area contributed by atoms with Crippen molar-refractivity contribution in [3.63, 3.8) is 0 Å². The minimum Gasteiger partial charge on any atom is -0.352 e. The van der Waals surface area contributed by atoms with E-state index in [1.165, 1.54) is 0 Å². The number of nitrogens with zero attached hydrogens (tertiary/aromatic N) is 2. The summed E-state index contributed by atoms with van der Waals surface area (Å²) in [6.45, 7) is 2.76. The fourth-order valence-electron chi connectivity index (χ4n) is 2.33. The fourth-order valence-corrected chi connectivity index (χ4v) is 2.33. The molecule has 1 aliphatic heterocycles. The molecule has 2 N–H and O–H groups in total. The van der Waals surface area contributed by atoms with E-state index in [-0.39, 0.29) is 5.91 Å². The van der Waals surface area contributed by atoms with Gasteiger partial charge in [0.25, 0.3) is 5.91 Å². The summed E-state index contributed by atoms with van der Waals surface area (Å²) in [5, 5.41) is 6.27. The van der Waals surface area contributed by atoms with Gasteiger partial charge in [-0.3, -0.25) is 14.8 Å². The van der Waals surface area contributed by atoms with Crippen LogP contribution in [0.1, 0.15) is 16.8 Å². The first-order chi connectivity index (χ1) is 9.33. The highest BCUT2D eigenvalue weighted by molar-refractivity contribution is 5.97. The van der Waals surface area contributed by atoms with E-state index in [1.54, 1.807) is 24.5 Å². The number of nitrogens with one attached hydrogen (secondary N) is 2. The van der Waals surface area contributed by atoms with Crippen LogP contribution in [0.4, 0.5) is 0 Å². The van der Waals surface area contributed by atoms with Crippen LogP contribution in [-0.4, -0.2) is 35.5 Å². The van der Waals surface area contributed by atoms with Gasteiger partial charge in [-0.1, -0.05) is 0 Å². The summed E-state index contributed by atoms with van der Waals surface area (Å²) in [6, 6.07) is 5.40. The SMILES string of the molecule is O=C(NCC1CCNC1)c1ccc2nccnc2c1. The molecule has 0 aliphatic carbocycles. The summed E-state index contributed by atoms with van der Waals surface area (Å²) in [7, 11) is 0. The summed E-state index contributed by atoms with van der Waals surface area (Å²) in [6.07, 6.45) is 4.41. The van der Waals surface area contributed by atoms with E-state index in [0.717, 1.165) is 37.1 Å². The first kappa shape index (κ1) is 12.0. The second-order valence-corrected chi connectivity index (χ2v) is 4.83. The topological polar surface area (TPSA) is 66.9 Å². The Hall–Kier alpha value is -2.01. The minimum atomic E-state index is -0.0422. The Morgan fingerprint density at radius 2 is 2.16 bits per heavy atom. The number of amides is 1. The van der Waals surface area contributed by atoms with Crippen LogP contribution in [0.3, 0.4) is 0 Å². The fraction of sp³-hybridized carbons (Fsp3) is 0.357. The van der Waals surface area contributed by atoms with E-state index in [9.17, 15) is 4.79 Å². The van der Waals surface area contributed by atoms with Crippen molar-refractivity contribution in [2.45, 2.75) is 6.42 Å². The Labute approximate surface area is 111 Å². The van der Waals surface area contributed by atoms with Crippen LogP contribution in [-0.2, 0) is 0 Å². The maximum absolute atomic E-state index is 12.1. The molecule has 0 radical (unpaired) electrons. The summed E-state index contributed by atoms with van der Waals surface area (Å²) < 4.78 is 0. The molecule has 2 aromatic rings. The molecule has 19 heavy (non-hydrogen) atoms. The van der Waals surface area contributed by atoms with Gasteiger partial charge in [0.15, 0.2) is 0 Å². The second kappa shape index (κ2) is 5.32. The van der Waals surface area contributed by atoms with Gasteiger partial charge in [0, 0.05) is 24.5 Å².